The molecule has 4 aliphatic carbocycles. The van der Waals surface area contributed by atoms with Crippen LogP contribution < -0.4 is 10.6 Å². The molecule has 8 heteroatoms. The summed E-state index contributed by atoms with van der Waals surface area (Å²) < 4.78 is 13.5. The lowest BCUT2D eigenvalue weighted by Crippen LogP contribution is -2.56. The number of carbonyl (C=O) groups is 2. The lowest BCUT2D eigenvalue weighted by molar-refractivity contribution is -0.273. The van der Waals surface area contributed by atoms with Crippen molar-refractivity contribution in [3.63, 3.8) is 0 Å². The summed E-state index contributed by atoms with van der Waals surface area (Å²) in [6.07, 6.45) is 12.4. The molecule has 44 heavy (non-hydrogen) atoms. The molecule has 7 fully saturated rings. The lowest BCUT2D eigenvalue weighted by atomic mass is 9.44. The van der Waals surface area contributed by atoms with Gasteiger partial charge >= 0.3 is 0 Å². The SMILES string of the molecule is C[C@H]1CC[C@@]2(OC1)O[C@H]1C[C@H]3[C@@H]4CC[C@@H]5C[C@H](NC(=O)CC(=O)NCN6CCN(C)CC6)CC[C@]5(C)[C@H]4CC[C@]3(C)[C@H]1[C@@H]2C. The van der Waals surface area contributed by atoms with Crippen molar-refractivity contribution in [3.8, 4) is 0 Å². The van der Waals surface area contributed by atoms with Gasteiger partial charge in [-0.25, -0.2) is 0 Å². The van der Waals surface area contributed by atoms with Gasteiger partial charge in [0, 0.05) is 44.6 Å². The van der Waals surface area contributed by atoms with Crippen LogP contribution in [0.3, 0.4) is 0 Å². The maximum atomic E-state index is 12.9. The van der Waals surface area contributed by atoms with Crippen molar-refractivity contribution in [2.45, 2.75) is 116 Å². The largest absolute Gasteiger partial charge is 0.353 e. The van der Waals surface area contributed by atoms with Crippen molar-refractivity contribution in [3.05, 3.63) is 0 Å². The van der Waals surface area contributed by atoms with Crippen LogP contribution >= 0.6 is 0 Å². The van der Waals surface area contributed by atoms with E-state index in [4.69, 9.17) is 9.47 Å². The monoisotopic (exact) mass is 612 g/mol. The molecule has 2 N–H and O–H groups in total. The number of likely N-dealkylation sites (N-methyl/N-ethyl adjacent to an activating group) is 1. The molecule has 3 aliphatic heterocycles. The minimum atomic E-state index is -0.329. The summed E-state index contributed by atoms with van der Waals surface area (Å²) in [6, 6.07) is 0.200. The fourth-order valence-electron chi connectivity index (χ4n) is 12.1. The number of hydrogen-bond donors (Lipinski definition) is 2. The third-order valence-electron chi connectivity index (χ3n) is 14.7. The zero-order chi connectivity index (χ0) is 30.9. The van der Waals surface area contributed by atoms with E-state index >= 15 is 0 Å². The van der Waals surface area contributed by atoms with Crippen molar-refractivity contribution in [1.82, 2.24) is 20.4 Å². The topological polar surface area (TPSA) is 83.1 Å². The minimum absolute atomic E-state index is 0.0642. The average Bonchev–Trinajstić information content (AvgIpc) is 3.44. The smallest absolute Gasteiger partial charge is 0.230 e. The molecule has 1 spiro atoms. The van der Waals surface area contributed by atoms with Crippen LogP contribution in [0.1, 0.15) is 98.3 Å². The third kappa shape index (κ3) is 5.35. The van der Waals surface area contributed by atoms with Crippen LogP contribution in [-0.2, 0) is 19.1 Å². The molecular weight excluding hydrogens is 552 g/mol. The standard InChI is InChI=1S/C36H60N4O4/c1-23-8-13-36(43-21-23)24(2)33-30(44-36)19-29-27-7-6-25-18-26(9-11-34(25,3)28(27)10-12-35(29,33)4)38-32(42)20-31(41)37-22-40-16-14-39(5)15-17-40/h23-30,33H,6-22H2,1-5H3,(H,37,41)(H,38,42)/t23-,24-,25+,26+,27+,28-,29-,30-,33-,34-,35-,36+/m0/s1. The van der Waals surface area contributed by atoms with Crippen molar-refractivity contribution < 1.29 is 19.1 Å². The quantitative estimate of drug-likeness (QED) is 0.441. The highest BCUT2D eigenvalue weighted by atomic mass is 16.7. The normalized spacial score (nSPS) is 49.1. The molecule has 0 aromatic rings. The molecule has 7 aliphatic rings. The van der Waals surface area contributed by atoms with Gasteiger partial charge in [-0.15, -0.1) is 0 Å². The summed E-state index contributed by atoms with van der Waals surface area (Å²) in [6.45, 7) is 15.3. The van der Waals surface area contributed by atoms with Gasteiger partial charge in [-0.05, 0) is 111 Å². The molecule has 2 amide bonds. The molecule has 3 saturated heterocycles. The van der Waals surface area contributed by atoms with Gasteiger partial charge in [0.1, 0.15) is 6.42 Å². The van der Waals surface area contributed by atoms with Gasteiger partial charge in [0.15, 0.2) is 5.79 Å². The molecule has 0 bridgehead atoms. The number of carbonyl (C=O) groups excluding carboxylic acids is 2. The molecule has 7 rings (SSSR count). The molecule has 8 nitrogen and oxygen atoms in total. The van der Waals surface area contributed by atoms with Crippen LogP contribution in [0, 0.1) is 52.3 Å². The first-order valence-corrected chi connectivity index (χ1v) is 18.3. The van der Waals surface area contributed by atoms with Gasteiger partial charge < -0.3 is 25.0 Å². The molecular formula is C36H60N4O4. The molecule has 0 unspecified atom stereocenters. The van der Waals surface area contributed by atoms with Crippen LogP contribution in [0.4, 0.5) is 0 Å². The van der Waals surface area contributed by atoms with Crippen LogP contribution in [-0.4, -0.2) is 86.0 Å². The predicted octanol–water partition coefficient (Wildman–Crippen LogP) is 4.63. The van der Waals surface area contributed by atoms with Crippen LogP contribution in [0.25, 0.3) is 0 Å². The van der Waals surface area contributed by atoms with E-state index in [1.165, 1.54) is 44.9 Å². The number of fused-ring (bicyclic) bond motifs is 7. The van der Waals surface area contributed by atoms with E-state index in [0.717, 1.165) is 69.8 Å². The van der Waals surface area contributed by atoms with Gasteiger partial charge in [0.25, 0.3) is 0 Å². The maximum Gasteiger partial charge on any atom is 0.230 e. The van der Waals surface area contributed by atoms with E-state index in [2.05, 4.69) is 55.2 Å². The number of hydrogen-bond acceptors (Lipinski definition) is 6. The third-order valence-corrected chi connectivity index (χ3v) is 14.7. The fraction of sp³-hybridized carbons (Fsp3) is 0.944. The van der Waals surface area contributed by atoms with Crippen molar-refractivity contribution in [2.24, 2.45) is 52.3 Å². The number of nitrogens with one attached hydrogen (secondary N) is 2. The Morgan fingerprint density at radius 2 is 1.64 bits per heavy atom. The Bertz CT molecular complexity index is 1090. The summed E-state index contributed by atoms with van der Waals surface area (Å²) >= 11 is 0. The minimum Gasteiger partial charge on any atom is -0.353 e. The zero-order valence-corrected chi connectivity index (χ0v) is 28.2. The summed E-state index contributed by atoms with van der Waals surface area (Å²) in [4.78, 5) is 30.0. The fourth-order valence-corrected chi connectivity index (χ4v) is 12.1. The van der Waals surface area contributed by atoms with Crippen LogP contribution in [0.15, 0.2) is 0 Å². The number of piperazine rings is 1. The van der Waals surface area contributed by atoms with Crippen molar-refractivity contribution in [2.75, 3.05) is 46.5 Å². The van der Waals surface area contributed by atoms with E-state index in [0.29, 0.717) is 47.3 Å². The highest BCUT2D eigenvalue weighted by molar-refractivity contribution is 5.96. The Labute approximate surface area is 266 Å². The number of amides is 2. The number of ether oxygens (including phenoxy) is 2. The van der Waals surface area contributed by atoms with Gasteiger partial charge in [-0.1, -0.05) is 27.7 Å². The second-order valence-electron chi connectivity index (χ2n) is 17.1. The summed E-state index contributed by atoms with van der Waals surface area (Å²) in [5.74, 6) is 4.15. The Morgan fingerprint density at radius 1 is 0.864 bits per heavy atom. The molecule has 0 aromatic heterocycles. The Kier molecular flexibility index (Phi) is 8.41. The van der Waals surface area contributed by atoms with Gasteiger partial charge in [0.2, 0.25) is 11.8 Å². The Balaban J connectivity index is 0.927. The lowest BCUT2D eigenvalue weighted by Gasteiger charge is -2.61. The summed E-state index contributed by atoms with van der Waals surface area (Å²) in [5.41, 5.74) is 0.722. The van der Waals surface area contributed by atoms with E-state index < -0.39 is 0 Å². The number of rotatable bonds is 5. The molecule has 248 valence electrons. The first-order valence-electron chi connectivity index (χ1n) is 18.3. The Hall–Kier alpha value is -1.22. The van der Waals surface area contributed by atoms with E-state index in [9.17, 15) is 9.59 Å². The number of nitrogens with zero attached hydrogens (tertiary/aromatic N) is 2. The highest BCUT2D eigenvalue weighted by Crippen LogP contribution is 2.71. The first-order chi connectivity index (χ1) is 21.0. The maximum absolute atomic E-state index is 12.9. The van der Waals surface area contributed by atoms with E-state index in [-0.39, 0.29) is 30.1 Å². The van der Waals surface area contributed by atoms with Gasteiger partial charge in [0.05, 0.1) is 19.4 Å². The second-order valence-corrected chi connectivity index (χ2v) is 17.1. The second kappa shape index (κ2) is 11.8. The van der Waals surface area contributed by atoms with E-state index in [1.54, 1.807) is 0 Å². The van der Waals surface area contributed by atoms with Crippen molar-refractivity contribution >= 4 is 11.8 Å². The van der Waals surface area contributed by atoms with Gasteiger partial charge in [-0.2, -0.15) is 0 Å². The van der Waals surface area contributed by atoms with Crippen molar-refractivity contribution in [1.29, 1.82) is 0 Å². The van der Waals surface area contributed by atoms with Gasteiger partial charge in [-0.3, -0.25) is 14.5 Å². The molecule has 4 saturated carbocycles. The Morgan fingerprint density at radius 3 is 2.39 bits per heavy atom. The predicted molar refractivity (Wildman–Crippen MR) is 170 cm³/mol. The van der Waals surface area contributed by atoms with Crippen LogP contribution in [0.2, 0.25) is 0 Å². The van der Waals surface area contributed by atoms with Crippen LogP contribution in [0.5, 0.6) is 0 Å². The summed E-state index contributed by atoms with van der Waals surface area (Å²) in [5, 5.41) is 6.24. The van der Waals surface area contributed by atoms with E-state index in [1.807, 2.05) is 0 Å². The highest BCUT2D eigenvalue weighted by Gasteiger charge is 2.69. The molecule has 0 aromatic carbocycles. The molecule has 3 heterocycles. The first kappa shape index (κ1) is 31.4. The molecule has 12 atom stereocenters. The molecule has 0 radical (unpaired) electrons. The summed E-state index contributed by atoms with van der Waals surface area (Å²) in [7, 11) is 2.13. The average molecular weight is 613 g/mol. The zero-order valence-electron chi connectivity index (χ0n) is 28.2.